The van der Waals surface area contributed by atoms with E-state index in [0.29, 0.717) is 33.7 Å². The van der Waals surface area contributed by atoms with E-state index in [1.807, 2.05) is 30.3 Å². The molecule has 0 aliphatic rings. The first-order chi connectivity index (χ1) is 13.5. The van der Waals surface area contributed by atoms with Gasteiger partial charge >= 0.3 is 0 Å². The average Bonchev–Trinajstić information content (AvgIpc) is 2.70. The van der Waals surface area contributed by atoms with Crippen LogP contribution in [0.25, 0.3) is 0 Å². The van der Waals surface area contributed by atoms with Crippen LogP contribution in [-0.4, -0.2) is 11.0 Å². The van der Waals surface area contributed by atoms with Crippen molar-refractivity contribution in [1.29, 1.82) is 0 Å². The van der Waals surface area contributed by atoms with E-state index >= 15 is 0 Å². The zero-order chi connectivity index (χ0) is 19.9. The number of hydrogen-bond acceptors (Lipinski definition) is 3. The highest BCUT2D eigenvalue weighted by Crippen LogP contribution is 2.25. The van der Waals surface area contributed by atoms with Crippen LogP contribution in [0.2, 0.25) is 10.0 Å². The minimum atomic E-state index is -0.342. The smallest absolute Gasteiger partial charge is 0.257 e. The number of thiocarbonyl (C=S) groups is 1. The summed E-state index contributed by atoms with van der Waals surface area (Å²) in [5.74, 6) is 0.331. The summed E-state index contributed by atoms with van der Waals surface area (Å²) in [6.45, 7) is 0.459. The summed E-state index contributed by atoms with van der Waals surface area (Å²) in [5.41, 5.74) is 2.04. The fraction of sp³-hybridized carbons (Fsp3) is 0.0476. The number of amides is 1. The molecule has 1 amide bonds. The van der Waals surface area contributed by atoms with E-state index in [9.17, 15) is 4.79 Å². The Morgan fingerprint density at radius 3 is 2.39 bits per heavy atom. The van der Waals surface area contributed by atoms with Crippen molar-refractivity contribution in [3.63, 3.8) is 0 Å². The van der Waals surface area contributed by atoms with Crippen molar-refractivity contribution < 1.29 is 9.53 Å². The van der Waals surface area contributed by atoms with Crippen LogP contribution in [0.5, 0.6) is 5.75 Å². The maximum absolute atomic E-state index is 12.3. The van der Waals surface area contributed by atoms with Gasteiger partial charge in [-0.25, -0.2) is 0 Å². The van der Waals surface area contributed by atoms with Crippen LogP contribution >= 0.6 is 35.4 Å². The molecule has 142 valence electrons. The van der Waals surface area contributed by atoms with E-state index in [1.54, 1.807) is 42.5 Å². The van der Waals surface area contributed by atoms with E-state index in [4.69, 9.17) is 40.2 Å². The summed E-state index contributed by atoms with van der Waals surface area (Å²) < 4.78 is 5.71. The normalized spacial score (nSPS) is 10.2. The Bertz CT molecular complexity index is 979. The van der Waals surface area contributed by atoms with Gasteiger partial charge in [-0.05, 0) is 60.2 Å². The van der Waals surface area contributed by atoms with Gasteiger partial charge in [-0.1, -0.05) is 53.5 Å². The zero-order valence-electron chi connectivity index (χ0n) is 14.6. The van der Waals surface area contributed by atoms with Crippen molar-refractivity contribution in [3.8, 4) is 5.75 Å². The van der Waals surface area contributed by atoms with Crippen LogP contribution in [0.4, 0.5) is 5.69 Å². The van der Waals surface area contributed by atoms with Gasteiger partial charge in [0.2, 0.25) is 0 Å². The molecule has 3 aromatic carbocycles. The first-order valence-corrected chi connectivity index (χ1v) is 9.52. The van der Waals surface area contributed by atoms with Crippen molar-refractivity contribution in [3.05, 3.63) is 94.0 Å². The van der Waals surface area contributed by atoms with Gasteiger partial charge in [0.05, 0.1) is 10.7 Å². The molecule has 2 N–H and O–H groups in total. The number of carbonyl (C=O) groups excluding carboxylic acids is 1. The second kappa shape index (κ2) is 9.55. The molecular weight excluding hydrogens is 415 g/mol. The minimum Gasteiger partial charge on any atom is -0.489 e. The number of nitrogens with one attached hydrogen (secondary N) is 2. The Balaban J connectivity index is 1.55. The second-order valence-corrected chi connectivity index (χ2v) is 7.08. The summed E-state index contributed by atoms with van der Waals surface area (Å²) in [5, 5.41) is 6.54. The average molecular weight is 431 g/mol. The van der Waals surface area contributed by atoms with Crippen molar-refractivity contribution in [2.24, 2.45) is 0 Å². The molecule has 0 saturated heterocycles. The molecule has 0 spiro atoms. The van der Waals surface area contributed by atoms with Crippen molar-refractivity contribution >= 4 is 52.1 Å². The summed E-state index contributed by atoms with van der Waals surface area (Å²) in [4.78, 5) is 12.3. The highest BCUT2D eigenvalue weighted by atomic mass is 35.5. The summed E-state index contributed by atoms with van der Waals surface area (Å²) in [6, 6.07) is 21.6. The lowest BCUT2D eigenvalue weighted by atomic mass is 10.2. The van der Waals surface area contributed by atoms with E-state index in [2.05, 4.69) is 10.6 Å². The molecule has 4 nitrogen and oxygen atoms in total. The van der Waals surface area contributed by atoms with Gasteiger partial charge in [-0.15, -0.1) is 0 Å². The standard InChI is InChI=1S/C21H16Cl2N2O2S/c22-16-8-11-18(23)19(12-16)24-21(28)25-20(26)15-6-9-17(10-7-15)27-13-14-4-2-1-3-5-14/h1-12H,13H2,(H2,24,25,26,28). The van der Waals surface area contributed by atoms with E-state index in [1.165, 1.54) is 0 Å². The monoisotopic (exact) mass is 430 g/mol. The third kappa shape index (κ3) is 5.70. The van der Waals surface area contributed by atoms with Crippen molar-refractivity contribution in [1.82, 2.24) is 5.32 Å². The number of rotatable bonds is 5. The number of hydrogen-bond donors (Lipinski definition) is 2. The molecule has 0 heterocycles. The van der Waals surface area contributed by atoms with E-state index < -0.39 is 0 Å². The highest BCUT2D eigenvalue weighted by Gasteiger charge is 2.10. The molecule has 0 atom stereocenters. The molecule has 3 aromatic rings. The Morgan fingerprint density at radius 2 is 1.68 bits per heavy atom. The molecule has 28 heavy (non-hydrogen) atoms. The minimum absolute atomic E-state index is 0.124. The molecule has 7 heteroatoms. The number of ether oxygens (including phenoxy) is 1. The lowest BCUT2D eigenvalue weighted by Gasteiger charge is -2.11. The van der Waals surface area contributed by atoms with Gasteiger partial charge in [-0.2, -0.15) is 0 Å². The molecule has 0 radical (unpaired) electrons. The summed E-state index contributed by atoms with van der Waals surface area (Å²) >= 11 is 17.2. The maximum Gasteiger partial charge on any atom is 0.257 e. The number of anilines is 1. The van der Waals surface area contributed by atoms with Crippen LogP contribution in [0.15, 0.2) is 72.8 Å². The van der Waals surface area contributed by atoms with Gasteiger partial charge in [0.1, 0.15) is 12.4 Å². The van der Waals surface area contributed by atoms with Crippen LogP contribution in [0.3, 0.4) is 0 Å². The van der Waals surface area contributed by atoms with Gasteiger partial charge < -0.3 is 10.1 Å². The Labute approximate surface area is 178 Å². The topological polar surface area (TPSA) is 50.4 Å². The fourth-order valence-corrected chi connectivity index (χ4v) is 2.91. The predicted molar refractivity (Wildman–Crippen MR) is 117 cm³/mol. The lowest BCUT2D eigenvalue weighted by Crippen LogP contribution is -2.34. The fourth-order valence-electron chi connectivity index (χ4n) is 2.37. The Hall–Kier alpha value is -2.60. The number of benzene rings is 3. The SMILES string of the molecule is O=C(NC(=S)Nc1cc(Cl)ccc1Cl)c1ccc(OCc2ccccc2)cc1. The van der Waals surface area contributed by atoms with Gasteiger partial charge in [0.15, 0.2) is 5.11 Å². The van der Waals surface area contributed by atoms with Crippen molar-refractivity contribution in [2.45, 2.75) is 6.61 Å². The first-order valence-electron chi connectivity index (χ1n) is 8.35. The first kappa shape index (κ1) is 20.1. The van der Waals surface area contributed by atoms with Crippen LogP contribution in [0.1, 0.15) is 15.9 Å². The third-order valence-electron chi connectivity index (χ3n) is 3.77. The predicted octanol–water partition coefficient (Wildman–Crippen LogP) is 5.70. The van der Waals surface area contributed by atoms with Crippen LogP contribution < -0.4 is 15.4 Å². The number of halogens is 2. The Morgan fingerprint density at radius 1 is 0.964 bits per heavy atom. The van der Waals surface area contributed by atoms with Gasteiger partial charge in [-0.3, -0.25) is 10.1 Å². The second-order valence-electron chi connectivity index (χ2n) is 5.83. The summed E-state index contributed by atoms with van der Waals surface area (Å²) in [7, 11) is 0. The molecule has 0 unspecified atom stereocenters. The molecule has 3 rings (SSSR count). The summed E-state index contributed by atoms with van der Waals surface area (Å²) in [6.07, 6.45) is 0. The van der Waals surface area contributed by atoms with Gasteiger partial charge in [0, 0.05) is 10.6 Å². The molecule has 0 aromatic heterocycles. The maximum atomic E-state index is 12.3. The molecular formula is C21H16Cl2N2O2S. The molecule has 0 bridgehead atoms. The molecule has 0 fully saturated rings. The largest absolute Gasteiger partial charge is 0.489 e. The highest BCUT2D eigenvalue weighted by molar-refractivity contribution is 7.80. The van der Waals surface area contributed by atoms with Crippen LogP contribution in [-0.2, 0) is 6.61 Å². The lowest BCUT2D eigenvalue weighted by molar-refractivity contribution is 0.0977. The molecule has 0 saturated carbocycles. The quantitative estimate of drug-likeness (QED) is 0.509. The Kier molecular flexibility index (Phi) is 6.87. The number of carbonyl (C=O) groups is 1. The molecule has 0 aliphatic heterocycles. The van der Waals surface area contributed by atoms with Crippen LogP contribution in [0, 0.1) is 0 Å². The zero-order valence-corrected chi connectivity index (χ0v) is 16.9. The van der Waals surface area contributed by atoms with E-state index in [0.717, 1.165) is 5.56 Å². The molecule has 0 aliphatic carbocycles. The van der Waals surface area contributed by atoms with E-state index in [-0.39, 0.29) is 11.0 Å². The third-order valence-corrected chi connectivity index (χ3v) is 4.54. The van der Waals surface area contributed by atoms with Crippen molar-refractivity contribution in [2.75, 3.05) is 5.32 Å². The van der Waals surface area contributed by atoms with Gasteiger partial charge in [0.25, 0.3) is 5.91 Å².